The van der Waals surface area contributed by atoms with Crippen molar-refractivity contribution in [2.75, 3.05) is 26.3 Å². The Labute approximate surface area is 98.9 Å². The summed E-state index contributed by atoms with van der Waals surface area (Å²) in [5, 5.41) is 3.27. The summed E-state index contributed by atoms with van der Waals surface area (Å²) < 4.78 is 5.45. The molecule has 96 valence electrons. The zero-order valence-corrected chi connectivity index (χ0v) is 10.6. The summed E-state index contributed by atoms with van der Waals surface area (Å²) in [6.07, 6.45) is 3.48. The Morgan fingerprint density at radius 3 is 2.62 bits per heavy atom. The molecule has 0 radical (unpaired) electrons. The van der Waals surface area contributed by atoms with Gasteiger partial charge in [-0.3, -0.25) is 4.79 Å². The van der Waals surface area contributed by atoms with Crippen molar-refractivity contribution in [3.05, 3.63) is 0 Å². The van der Waals surface area contributed by atoms with E-state index in [0.717, 1.165) is 45.6 Å². The molecular formula is C12H26N2O2. The average molecular weight is 230 g/mol. The Morgan fingerprint density at radius 2 is 2.00 bits per heavy atom. The maximum absolute atomic E-state index is 10.4. The van der Waals surface area contributed by atoms with Crippen molar-refractivity contribution in [1.29, 1.82) is 0 Å². The second-order valence-electron chi connectivity index (χ2n) is 4.47. The van der Waals surface area contributed by atoms with Gasteiger partial charge in [-0.05, 0) is 31.7 Å². The van der Waals surface area contributed by atoms with E-state index in [1.165, 1.54) is 0 Å². The molecule has 0 heterocycles. The van der Waals surface area contributed by atoms with Crippen LogP contribution in [0.1, 0.15) is 39.5 Å². The van der Waals surface area contributed by atoms with Crippen molar-refractivity contribution in [1.82, 2.24) is 5.32 Å². The van der Waals surface area contributed by atoms with Crippen molar-refractivity contribution in [3.63, 3.8) is 0 Å². The number of hydrogen-bond acceptors (Lipinski definition) is 3. The summed E-state index contributed by atoms with van der Waals surface area (Å²) in [6.45, 7) is 7.82. The number of ether oxygens (including phenoxy) is 1. The molecule has 0 aromatic rings. The molecule has 0 fully saturated rings. The SMILES string of the molecule is CC(C)CCOCCNCCCCC(N)=O. The van der Waals surface area contributed by atoms with Crippen LogP contribution in [0.15, 0.2) is 0 Å². The first kappa shape index (κ1) is 15.4. The van der Waals surface area contributed by atoms with Crippen LogP contribution in [0.2, 0.25) is 0 Å². The van der Waals surface area contributed by atoms with Crippen LogP contribution in [0.3, 0.4) is 0 Å². The topological polar surface area (TPSA) is 64.3 Å². The Bertz CT molecular complexity index is 172. The third kappa shape index (κ3) is 13.4. The molecule has 0 aliphatic rings. The minimum absolute atomic E-state index is 0.211. The number of hydrogen-bond donors (Lipinski definition) is 2. The van der Waals surface area contributed by atoms with Gasteiger partial charge in [-0.1, -0.05) is 13.8 Å². The lowest BCUT2D eigenvalue weighted by Gasteiger charge is -2.07. The molecule has 0 saturated carbocycles. The molecule has 16 heavy (non-hydrogen) atoms. The van der Waals surface area contributed by atoms with Gasteiger partial charge in [-0.2, -0.15) is 0 Å². The van der Waals surface area contributed by atoms with E-state index in [9.17, 15) is 4.79 Å². The molecule has 0 unspecified atom stereocenters. The molecule has 0 aliphatic carbocycles. The summed E-state index contributed by atoms with van der Waals surface area (Å²) >= 11 is 0. The first-order chi connectivity index (χ1) is 7.63. The van der Waals surface area contributed by atoms with Crippen molar-refractivity contribution in [3.8, 4) is 0 Å². The van der Waals surface area contributed by atoms with Gasteiger partial charge in [0.15, 0.2) is 0 Å². The summed E-state index contributed by atoms with van der Waals surface area (Å²) in [6, 6.07) is 0. The van der Waals surface area contributed by atoms with Crippen molar-refractivity contribution >= 4 is 5.91 Å². The lowest BCUT2D eigenvalue weighted by atomic mass is 10.1. The van der Waals surface area contributed by atoms with Gasteiger partial charge in [0, 0.05) is 19.6 Å². The van der Waals surface area contributed by atoms with Crippen LogP contribution >= 0.6 is 0 Å². The number of carbonyl (C=O) groups is 1. The Kier molecular flexibility index (Phi) is 10.5. The van der Waals surface area contributed by atoms with E-state index in [1.54, 1.807) is 0 Å². The highest BCUT2D eigenvalue weighted by molar-refractivity contribution is 5.73. The highest BCUT2D eigenvalue weighted by Gasteiger charge is 1.95. The van der Waals surface area contributed by atoms with Crippen molar-refractivity contribution in [2.24, 2.45) is 11.7 Å². The zero-order valence-electron chi connectivity index (χ0n) is 10.6. The van der Waals surface area contributed by atoms with Gasteiger partial charge in [0.25, 0.3) is 0 Å². The molecule has 0 aromatic carbocycles. The Hall–Kier alpha value is -0.610. The maximum Gasteiger partial charge on any atom is 0.217 e. The molecule has 0 aliphatic heterocycles. The highest BCUT2D eigenvalue weighted by Crippen LogP contribution is 1.98. The van der Waals surface area contributed by atoms with Crippen LogP contribution in [-0.2, 0) is 9.53 Å². The van der Waals surface area contributed by atoms with Crippen LogP contribution in [0.5, 0.6) is 0 Å². The van der Waals surface area contributed by atoms with Gasteiger partial charge >= 0.3 is 0 Å². The fourth-order valence-corrected chi connectivity index (χ4v) is 1.24. The number of rotatable bonds is 11. The molecule has 0 bridgehead atoms. The molecule has 0 spiro atoms. The average Bonchev–Trinajstić information content (AvgIpc) is 2.20. The molecule has 0 saturated heterocycles. The summed E-state index contributed by atoms with van der Waals surface area (Å²) in [5.74, 6) is 0.499. The first-order valence-electron chi connectivity index (χ1n) is 6.19. The maximum atomic E-state index is 10.4. The lowest BCUT2D eigenvalue weighted by Crippen LogP contribution is -2.21. The van der Waals surface area contributed by atoms with Gasteiger partial charge < -0.3 is 15.8 Å². The molecule has 0 atom stereocenters. The fraction of sp³-hybridized carbons (Fsp3) is 0.917. The molecule has 0 aromatic heterocycles. The van der Waals surface area contributed by atoms with Gasteiger partial charge in [0.2, 0.25) is 5.91 Å². The van der Waals surface area contributed by atoms with Crippen LogP contribution < -0.4 is 11.1 Å². The summed E-state index contributed by atoms with van der Waals surface area (Å²) in [7, 11) is 0. The van der Waals surface area contributed by atoms with E-state index < -0.39 is 0 Å². The van der Waals surface area contributed by atoms with E-state index >= 15 is 0 Å². The van der Waals surface area contributed by atoms with Crippen LogP contribution in [0.4, 0.5) is 0 Å². The molecule has 0 rings (SSSR count). The van der Waals surface area contributed by atoms with E-state index in [0.29, 0.717) is 12.3 Å². The normalized spacial score (nSPS) is 10.9. The molecule has 4 nitrogen and oxygen atoms in total. The second kappa shape index (κ2) is 10.9. The number of carbonyl (C=O) groups excluding carboxylic acids is 1. The predicted molar refractivity (Wildman–Crippen MR) is 66.2 cm³/mol. The molecule has 1 amide bonds. The van der Waals surface area contributed by atoms with Crippen molar-refractivity contribution in [2.45, 2.75) is 39.5 Å². The first-order valence-corrected chi connectivity index (χ1v) is 6.19. The van der Waals surface area contributed by atoms with Gasteiger partial charge in [-0.15, -0.1) is 0 Å². The van der Waals surface area contributed by atoms with Crippen LogP contribution in [0, 0.1) is 5.92 Å². The monoisotopic (exact) mass is 230 g/mol. The minimum Gasteiger partial charge on any atom is -0.380 e. The van der Waals surface area contributed by atoms with Crippen LogP contribution in [0.25, 0.3) is 0 Å². The highest BCUT2D eigenvalue weighted by atomic mass is 16.5. The Balaban J connectivity index is 2.96. The van der Waals surface area contributed by atoms with Gasteiger partial charge in [0.05, 0.1) is 6.61 Å². The zero-order chi connectivity index (χ0) is 12.2. The smallest absolute Gasteiger partial charge is 0.217 e. The number of unbranched alkanes of at least 4 members (excludes halogenated alkanes) is 1. The number of nitrogens with two attached hydrogens (primary N) is 1. The lowest BCUT2D eigenvalue weighted by molar-refractivity contribution is -0.118. The molecular weight excluding hydrogens is 204 g/mol. The van der Waals surface area contributed by atoms with Gasteiger partial charge in [-0.25, -0.2) is 0 Å². The second-order valence-corrected chi connectivity index (χ2v) is 4.47. The van der Waals surface area contributed by atoms with E-state index in [4.69, 9.17) is 10.5 Å². The van der Waals surface area contributed by atoms with E-state index in [2.05, 4.69) is 19.2 Å². The third-order valence-electron chi connectivity index (χ3n) is 2.29. The number of primary amides is 1. The third-order valence-corrected chi connectivity index (χ3v) is 2.29. The van der Waals surface area contributed by atoms with Crippen LogP contribution in [-0.4, -0.2) is 32.2 Å². The van der Waals surface area contributed by atoms with E-state index in [1.807, 2.05) is 0 Å². The molecule has 3 N–H and O–H groups in total. The molecule has 4 heteroatoms. The summed E-state index contributed by atoms with van der Waals surface area (Å²) in [5.41, 5.74) is 5.03. The fourth-order valence-electron chi connectivity index (χ4n) is 1.24. The van der Waals surface area contributed by atoms with E-state index in [-0.39, 0.29) is 5.91 Å². The number of amides is 1. The predicted octanol–water partition coefficient (Wildman–Crippen LogP) is 1.29. The Morgan fingerprint density at radius 1 is 1.25 bits per heavy atom. The quantitative estimate of drug-likeness (QED) is 0.526. The summed E-state index contributed by atoms with van der Waals surface area (Å²) in [4.78, 5) is 10.4. The number of nitrogens with one attached hydrogen (secondary N) is 1. The van der Waals surface area contributed by atoms with Crippen molar-refractivity contribution < 1.29 is 9.53 Å². The largest absolute Gasteiger partial charge is 0.380 e. The standard InChI is InChI=1S/C12H26N2O2/c1-11(2)6-9-16-10-8-14-7-4-3-5-12(13)15/h11,14H,3-10H2,1-2H3,(H2,13,15). The van der Waals surface area contributed by atoms with Gasteiger partial charge in [0.1, 0.15) is 0 Å². The minimum atomic E-state index is -0.211.